The summed E-state index contributed by atoms with van der Waals surface area (Å²) in [6.07, 6.45) is 0.781. The van der Waals surface area contributed by atoms with Gasteiger partial charge in [0.25, 0.3) is 5.91 Å². The van der Waals surface area contributed by atoms with E-state index in [1.807, 2.05) is 6.92 Å². The zero-order valence-electron chi connectivity index (χ0n) is 14.7. The van der Waals surface area contributed by atoms with Gasteiger partial charge in [-0.05, 0) is 44.2 Å². The van der Waals surface area contributed by atoms with Crippen LogP contribution in [0.1, 0.15) is 28.2 Å². The Kier molecular flexibility index (Phi) is 4.11. The maximum Gasteiger partial charge on any atom is 0.290 e. The number of aryl methyl sites for hydroxylation is 2. The highest BCUT2D eigenvalue weighted by atomic mass is 32.2. The first kappa shape index (κ1) is 17.2. The molecule has 4 rings (SSSR count). The van der Waals surface area contributed by atoms with E-state index in [0.29, 0.717) is 23.7 Å². The van der Waals surface area contributed by atoms with E-state index < -0.39 is 10.0 Å². The van der Waals surface area contributed by atoms with E-state index in [1.54, 1.807) is 37.3 Å². The van der Waals surface area contributed by atoms with Crippen molar-refractivity contribution in [3.05, 3.63) is 47.3 Å². The van der Waals surface area contributed by atoms with E-state index in [4.69, 9.17) is 4.52 Å². The zero-order valence-corrected chi connectivity index (χ0v) is 15.5. The molecule has 1 aromatic carbocycles. The van der Waals surface area contributed by atoms with Crippen molar-refractivity contribution in [1.82, 2.24) is 14.8 Å². The fourth-order valence-electron chi connectivity index (χ4n) is 3.80. The largest absolute Gasteiger partial charge is 0.351 e. The van der Waals surface area contributed by atoms with Gasteiger partial charge in [0.05, 0.1) is 10.6 Å². The first-order valence-electron chi connectivity index (χ1n) is 8.65. The quantitative estimate of drug-likeness (QED) is 0.879. The predicted octanol–water partition coefficient (Wildman–Crippen LogP) is 1.73. The van der Waals surface area contributed by atoms with Crippen molar-refractivity contribution >= 4 is 15.9 Å². The molecule has 26 heavy (non-hydrogen) atoms. The number of benzene rings is 1. The topological polar surface area (TPSA) is 92.5 Å². The molecule has 8 heteroatoms. The van der Waals surface area contributed by atoms with Crippen LogP contribution >= 0.6 is 0 Å². The van der Waals surface area contributed by atoms with Crippen molar-refractivity contribution in [3.8, 4) is 0 Å². The van der Waals surface area contributed by atoms with Gasteiger partial charge < -0.3 is 9.84 Å². The Morgan fingerprint density at radius 1 is 1.23 bits per heavy atom. The molecule has 1 aromatic heterocycles. The third-order valence-electron chi connectivity index (χ3n) is 5.36. The third kappa shape index (κ3) is 2.93. The van der Waals surface area contributed by atoms with Gasteiger partial charge in [0.15, 0.2) is 0 Å². The molecule has 0 unspecified atom stereocenters. The van der Waals surface area contributed by atoms with E-state index in [9.17, 15) is 13.2 Å². The van der Waals surface area contributed by atoms with Crippen molar-refractivity contribution in [2.24, 2.45) is 11.8 Å². The second kappa shape index (κ2) is 6.21. The number of carbonyl (C=O) groups excluding carboxylic acids is 1. The lowest BCUT2D eigenvalue weighted by Crippen LogP contribution is -2.51. The number of nitrogens with one attached hydrogen (secondary N) is 1. The molecular formula is C18H21N3O4S. The summed E-state index contributed by atoms with van der Waals surface area (Å²) in [5, 5.41) is 6.66. The van der Waals surface area contributed by atoms with Crippen molar-refractivity contribution in [3.63, 3.8) is 0 Å². The smallest absolute Gasteiger partial charge is 0.290 e. The number of rotatable bonds is 4. The molecule has 0 spiro atoms. The Labute approximate surface area is 152 Å². The average Bonchev–Trinajstić information content (AvgIpc) is 3.17. The fraction of sp³-hybridized carbons (Fsp3) is 0.444. The van der Waals surface area contributed by atoms with Crippen molar-refractivity contribution in [2.45, 2.75) is 31.2 Å². The summed E-state index contributed by atoms with van der Waals surface area (Å²) in [5.41, 5.74) is 1.67. The molecule has 1 saturated heterocycles. The minimum atomic E-state index is -3.49. The third-order valence-corrected chi connectivity index (χ3v) is 7.20. The van der Waals surface area contributed by atoms with Crippen molar-refractivity contribution < 1.29 is 17.7 Å². The summed E-state index contributed by atoms with van der Waals surface area (Å²) in [4.78, 5) is 12.5. The van der Waals surface area contributed by atoms with Gasteiger partial charge in [-0.15, -0.1) is 0 Å². The number of amides is 1. The monoisotopic (exact) mass is 375 g/mol. The van der Waals surface area contributed by atoms with Crippen LogP contribution in [0.2, 0.25) is 0 Å². The number of sulfonamides is 1. The summed E-state index contributed by atoms with van der Waals surface area (Å²) < 4.78 is 32.2. The lowest BCUT2D eigenvalue weighted by molar-refractivity contribution is 0.0796. The fourth-order valence-corrected chi connectivity index (χ4v) is 5.33. The second-order valence-corrected chi connectivity index (χ2v) is 9.15. The molecule has 1 N–H and O–H groups in total. The van der Waals surface area contributed by atoms with Gasteiger partial charge in [-0.1, -0.05) is 22.9 Å². The summed E-state index contributed by atoms with van der Waals surface area (Å²) >= 11 is 0. The highest BCUT2D eigenvalue weighted by Gasteiger charge is 2.50. The standard InChI is InChI=1S/C18H21N3O4S/c1-11-3-5-14(6-4-11)26(23,24)21-9-13-8-16(15(13)10-21)19-18(22)17-7-12(2)20-25-17/h3-7,13,15-16H,8-10H2,1-2H3,(H,19,22)/t13-,15+,16+/m1/s1. The number of carbonyl (C=O) groups is 1. The van der Waals surface area contributed by atoms with Gasteiger partial charge in [0.2, 0.25) is 15.8 Å². The number of nitrogens with zero attached hydrogens (tertiary/aromatic N) is 2. The highest BCUT2D eigenvalue weighted by Crippen LogP contribution is 2.42. The molecule has 1 saturated carbocycles. The normalized spacial score (nSPS) is 25.5. The van der Waals surface area contributed by atoms with Crippen LogP contribution in [-0.2, 0) is 10.0 Å². The van der Waals surface area contributed by atoms with Gasteiger partial charge in [-0.3, -0.25) is 4.79 Å². The van der Waals surface area contributed by atoms with Crippen molar-refractivity contribution in [1.29, 1.82) is 0 Å². The van der Waals surface area contributed by atoms with Crippen LogP contribution in [0.5, 0.6) is 0 Å². The van der Waals surface area contributed by atoms with Gasteiger partial charge in [0, 0.05) is 25.2 Å². The van der Waals surface area contributed by atoms with Gasteiger partial charge in [0.1, 0.15) is 0 Å². The van der Waals surface area contributed by atoms with Crippen LogP contribution in [0.4, 0.5) is 0 Å². The number of hydrogen-bond donors (Lipinski definition) is 1. The molecule has 2 fully saturated rings. The van der Waals surface area contributed by atoms with Crippen LogP contribution in [0, 0.1) is 25.7 Å². The molecule has 1 aliphatic heterocycles. The minimum Gasteiger partial charge on any atom is -0.351 e. The summed E-state index contributed by atoms with van der Waals surface area (Å²) in [6.45, 7) is 4.62. The van der Waals surface area contributed by atoms with E-state index in [1.165, 1.54) is 4.31 Å². The van der Waals surface area contributed by atoms with Crippen LogP contribution in [0.3, 0.4) is 0 Å². The Bertz CT molecular complexity index is 936. The molecule has 138 valence electrons. The molecule has 1 amide bonds. The molecule has 2 heterocycles. The van der Waals surface area contributed by atoms with Crippen LogP contribution in [-0.4, -0.2) is 42.9 Å². The lowest BCUT2D eigenvalue weighted by Gasteiger charge is -2.39. The summed E-state index contributed by atoms with van der Waals surface area (Å²) in [7, 11) is -3.49. The second-order valence-electron chi connectivity index (χ2n) is 7.21. The maximum absolute atomic E-state index is 12.8. The minimum absolute atomic E-state index is 0.0314. The van der Waals surface area contributed by atoms with E-state index >= 15 is 0 Å². The first-order valence-corrected chi connectivity index (χ1v) is 10.1. The van der Waals surface area contributed by atoms with Crippen LogP contribution in [0.25, 0.3) is 0 Å². The number of fused-ring (bicyclic) bond motifs is 1. The van der Waals surface area contributed by atoms with Crippen molar-refractivity contribution in [2.75, 3.05) is 13.1 Å². The average molecular weight is 375 g/mol. The first-order chi connectivity index (χ1) is 12.3. The Morgan fingerprint density at radius 2 is 1.96 bits per heavy atom. The zero-order chi connectivity index (χ0) is 18.5. The summed E-state index contributed by atoms with van der Waals surface area (Å²) in [5.74, 6) is 0.321. The highest BCUT2D eigenvalue weighted by molar-refractivity contribution is 7.89. The van der Waals surface area contributed by atoms with E-state index in [-0.39, 0.29) is 29.5 Å². The van der Waals surface area contributed by atoms with Crippen LogP contribution < -0.4 is 5.32 Å². The molecule has 2 aliphatic rings. The molecule has 0 bridgehead atoms. The van der Waals surface area contributed by atoms with E-state index in [2.05, 4.69) is 10.5 Å². The Hall–Kier alpha value is -2.19. The Morgan fingerprint density at radius 3 is 2.62 bits per heavy atom. The molecule has 0 radical (unpaired) electrons. The molecule has 2 aromatic rings. The summed E-state index contributed by atoms with van der Waals surface area (Å²) in [6, 6.07) is 8.47. The Balaban J connectivity index is 1.42. The lowest BCUT2D eigenvalue weighted by atomic mass is 9.71. The van der Waals surface area contributed by atoms with Gasteiger partial charge >= 0.3 is 0 Å². The molecule has 3 atom stereocenters. The predicted molar refractivity (Wildman–Crippen MR) is 94.0 cm³/mol. The maximum atomic E-state index is 12.8. The van der Waals surface area contributed by atoms with Gasteiger partial charge in [-0.2, -0.15) is 4.31 Å². The van der Waals surface area contributed by atoms with E-state index in [0.717, 1.165) is 12.0 Å². The number of hydrogen-bond acceptors (Lipinski definition) is 5. The van der Waals surface area contributed by atoms with Gasteiger partial charge in [-0.25, -0.2) is 8.42 Å². The molecular weight excluding hydrogens is 354 g/mol. The molecule has 1 aliphatic carbocycles. The van der Waals surface area contributed by atoms with Crippen LogP contribution in [0.15, 0.2) is 39.8 Å². The molecule has 7 nitrogen and oxygen atoms in total. The number of aromatic nitrogens is 1. The SMILES string of the molecule is Cc1ccc(S(=O)(=O)N2C[C@H]3C[C@H](NC(=O)c4cc(C)no4)[C@H]3C2)cc1.